The number of anilines is 1. The van der Waals surface area contributed by atoms with Gasteiger partial charge in [0.1, 0.15) is 0 Å². The lowest BCUT2D eigenvalue weighted by Gasteiger charge is -2.36. The molecule has 1 aliphatic heterocycles. The highest BCUT2D eigenvalue weighted by Gasteiger charge is 2.37. The molecule has 0 aliphatic carbocycles. The Kier molecular flexibility index (Phi) is 3.89. The molecule has 1 atom stereocenters. The van der Waals surface area contributed by atoms with Gasteiger partial charge in [-0.1, -0.05) is 0 Å². The van der Waals surface area contributed by atoms with Crippen molar-refractivity contribution in [3.63, 3.8) is 0 Å². The Morgan fingerprint density at radius 1 is 1.45 bits per heavy atom. The Morgan fingerprint density at radius 3 is 2.70 bits per heavy atom. The first kappa shape index (κ1) is 14.6. The molecule has 1 saturated heterocycles. The Bertz CT molecular complexity index is 516. The van der Waals surface area contributed by atoms with Crippen LogP contribution in [0.25, 0.3) is 0 Å². The van der Waals surface area contributed by atoms with E-state index in [4.69, 9.17) is 9.84 Å². The lowest BCUT2D eigenvalue weighted by atomic mass is 10.1. The number of nitrogens with zero attached hydrogens (tertiary/aromatic N) is 1. The van der Waals surface area contributed by atoms with Gasteiger partial charge in [0.2, 0.25) is 0 Å². The highest BCUT2D eigenvalue weighted by Crippen LogP contribution is 2.38. The quantitative estimate of drug-likeness (QED) is 0.909. The predicted octanol–water partition coefficient (Wildman–Crippen LogP) is 2.63. The number of hydrogen-bond donors (Lipinski definition) is 1. The minimum atomic E-state index is -4.60. The van der Waals surface area contributed by atoms with Gasteiger partial charge in [-0.3, -0.25) is 0 Å². The van der Waals surface area contributed by atoms with E-state index < -0.39 is 17.7 Å². The fourth-order valence-corrected chi connectivity index (χ4v) is 2.23. The second-order valence-electron chi connectivity index (χ2n) is 4.65. The average Bonchev–Trinajstić information content (AvgIpc) is 2.37. The second kappa shape index (κ2) is 5.32. The van der Waals surface area contributed by atoms with Crippen LogP contribution in [0.4, 0.5) is 18.9 Å². The van der Waals surface area contributed by atoms with Crippen LogP contribution in [0.2, 0.25) is 0 Å². The van der Waals surface area contributed by atoms with Gasteiger partial charge in [-0.15, -0.1) is 0 Å². The summed E-state index contributed by atoms with van der Waals surface area (Å²) < 4.78 is 44.6. The Hall–Kier alpha value is -1.76. The standard InChI is InChI=1S/C13H14F3NO3/c1-8-7-20-5-4-17(8)11-3-2-9(12(18)19)6-10(11)13(14,15)16/h2-3,6,8H,4-5,7H2,1H3,(H,18,19). The first-order valence-corrected chi connectivity index (χ1v) is 6.09. The summed E-state index contributed by atoms with van der Waals surface area (Å²) in [6, 6.07) is 2.89. The number of carboxylic acids is 1. The van der Waals surface area contributed by atoms with Crippen LogP contribution in [0.15, 0.2) is 18.2 Å². The zero-order valence-corrected chi connectivity index (χ0v) is 10.8. The predicted molar refractivity (Wildman–Crippen MR) is 66.0 cm³/mol. The van der Waals surface area contributed by atoms with E-state index in [1.165, 1.54) is 12.1 Å². The monoisotopic (exact) mass is 289 g/mol. The largest absolute Gasteiger partial charge is 0.478 e. The van der Waals surface area contributed by atoms with Crippen molar-refractivity contribution in [1.29, 1.82) is 0 Å². The molecule has 1 fully saturated rings. The number of halogens is 3. The normalized spacial score (nSPS) is 20.0. The van der Waals surface area contributed by atoms with Crippen molar-refractivity contribution >= 4 is 11.7 Å². The molecule has 2 rings (SSSR count). The van der Waals surface area contributed by atoms with E-state index >= 15 is 0 Å². The van der Waals surface area contributed by atoms with Gasteiger partial charge in [0.25, 0.3) is 0 Å². The number of ether oxygens (including phenoxy) is 1. The van der Waals surface area contributed by atoms with E-state index in [0.717, 1.165) is 0 Å². The molecule has 1 unspecified atom stereocenters. The maximum atomic E-state index is 13.1. The van der Waals surface area contributed by atoms with Crippen LogP contribution in [0, 0.1) is 0 Å². The van der Waals surface area contributed by atoms with Crippen LogP contribution < -0.4 is 4.90 Å². The lowest BCUT2D eigenvalue weighted by molar-refractivity contribution is -0.137. The van der Waals surface area contributed by atoms with Crippen LogP contribution in [-0.4, -0.2) is 36.9 Å². The van der Waals surface area contributed by atoms with Gasteiger partial charge in [0.15, 0.2) is 0 Å². The number of rotatable bonds is 2. The molecular weight excluding hydrogens is 275 g/mol. The highest BCUT2D eigenvalue weighted by molar-refractivity contribution is 5.88. The third-order valence-electron chi connectivity index (χ3n) is 3.23. The van der Waals surface area contributed by atoms with Crippen LogP contribution in [0.1, 0.15) is 22.8 Å². The van der Waals surface area contributed by atoms with Crippen molar-refractivity contribution in [3.8, 4) is 0 Å². The summed E-state index contributed by atoms with van der Waals surface area (Å²) in [7, 11) is 0. The Morgan fingerprint density at radius 2 is 2.15 bits per heavy atom. The molecule has 0 radical (unpaired) electrons. The molecule has 0 bridgehead atoms. The maximum Gasteiger partial charge on any atom is 0.418 e. The number of benzene rings is 1. The maximum absolute atomic E-state index is 13.1. The number of hydrogen-bond acceptors (Lipinski definition) is 3. The minimum absolute atomic E-state index is 0.00157. The number of carboxylic acid groups (broad SMARTS) is 1. The van der Waals surface area contributed by atoms with Crippen molar-refractivity contribution in [2.24, 2.45) is 0 Å². The topological polar surface area (TPSA) is 49.8 Å². The van der Waals surface area contributed by atoms with E-state index in [-0.39, 0.29) is 17.3 Å². The number of morpholine rings is 1. The summed E-state index contributed by atoms with van der Waals surface area (Å²) in [5.74, 6) is -1.38. The van der Waals surface area contributed by atoms with Gasteiger partial charge < -0.3 is 14.7 Å². The van der Waals surface area contributed by atoms with Gasteiger partial charge in [0.05, 0.1) is 24.3 Å². The Balaban J connectivity index is 2.49. The molecule has 1 aliphatic rings. The van der Waals surface area contributed by atoms with Crippen molar-refractivity contribution in [3.05, 3.63) is 29.3 Å². The third-order valence-corrected chi connectivity index (χ3v) is 3.23. The van der Waals surface area contributed by atoms with E-state index in [1.54, 1.807) is 11.8 Å². The smallest absolute Gasteiger partial charge is 0.418 e. The van der Waals surface area contributed by atoms with Gasteiger partial charge in [-0.2, -0.15) is 13.2 Å². The molecule has 0 aromatic heterocycles. The van der Waals surface area contributed by atoms with E-state index in [0.29, 0.717) is 25.8 Å². The molecule has 4 nitrogen and oxygen atoms in total. The molecule has 110 valence electrons. The summed E-state index contributed by atoms with van der Waals surface area (Å²) >= 11 is 0. The van der Waals surface area contributed by atoms with Gasteiger partial charge >= 0.3 is 12.1 Å². The minimum Gasteiger partial charge on any atom is -0.478 e. The van der Waals surface area contributed by atoms with Crippen molar-refractivity contribution in [2.75, 3.05) is 24.7 Å². The van der Waals surface area contributed by atoms with E-state index in [9.17, 15) is 18.0 Å². The second-order valence-corrected chi connectivity index (χ2v) is 4.65. The van der Waals surface area contributed by atoms with E-state index in [2.05, 4.69) is 0 Å². The average molecular weight is 289 g/mol. The highest BCUT2D eigenvalue weighted by atomic mass is 19.4. The zero-order chi connectivity index (χ0) is 14.9. The SMILES string of the molecule is CC1COCCN1c1ccc(C(=O)O)cc1C(F)(F)F. The third kappa shape index (κ3) is 2.87. The van der Waals surface area contributed by atoms with Gasteiger partial charge in [-0.25, -0.2) is 4.79 Å². The van der Waals surface area contributed by atoms with Crippen LogP contribution in [0.5, 0.6) is 0 Å². The van der Waals surface area contributed by atoms with Gasteiger partial charge in [0, 0.05) is 18.3 Å². The summed E-state index contributed by atoms with van der Waals surface area (Å²) in [5, 5.41) is 8.83. The van der Waals surface area contributed by atoms with Gasteiger partial charge in [-0.05, 0) is 25.1 Å². The first-order chi connectivity index (χ1) is 9.30. The number of carbonyl (C=O) groups is 1. The van der Waals surface area contributed by atoms with Crippen molar-refractivity contribution < 1.29 is 27.8 Å². The summed E-state index contributed by atoms with van der Waals surface area (Å²) in [6.45, 7) is 2.81. The molecule has 0 amide bonds. The molecule has 1 aromatic carbocycles. The molecule has 1 N–H and O–H groups in total. The van der Waals surface area contributed by atoms with Crippen LogP contribution >= 0.6 is 0 Å². The molecule has 0 spiro atoms. The lowest BCUT2D eigenvalue weighted by Crippen LogP contribution is -2.44. The number of alkyl halides is 3. The molecule has 0 saturated carbocycles. The fraction of sp³-hybridized carbons (Fsp3) is 0.462. The molecule has 1 heterocycles. The van der Waals surface area contributed by atoms with Crippen LogP contribution in [-0.2, 0) is 10.9 Å². The van der Waals surface area contributed by atoms with Crippen LogP contribution in [0.3, 0.4) is 0 Å². The van der Waals surface area contributed by atoms with Crippen molar-refractivity contribution in [1.82, 2.24) is 0 Å². The Labute approximate surface area is 113 Å². The first-order valence-electron chi connectivity index (χ1n) is 6.09. The number of aromatic carboxylic acids is 1. The summed E-state index contributed by atoms with van der Waals surface area (Å²) in [5.41, 5.74) is -1.30. The summed E-state index contributed by atoms with van der Waals surface area (Å²) in [6.07, 6.45) is -4.60. The van der Waals surface area contributed by atoms with E-state index in [1.807, 2.05) is 0 Å². The molecule has 20 heavy (non-hydrogen) atoms. The molecule has 1 aromatic rings. The molecular formula is C13H14F3NO3. The van der Waals surface area contributed by atoms with Crippen molar-refractivity contribution in [2.45, 2.75) is 19.1 Å². The molecule has 7 heteroatoms. The fourth-order valence-electron chi connectivity index (χ4n) is 2.23. The zero-order valence-electron chi connectivity index (χ0n) is 10.8. The summed E-state index contributed by atoms with van der Waals surface area (Å²) in [4.78, 5) is 12.4.